The van der Waals surface area contributed by atoms with Gasteiger partial charge in [0.15, 0.2) is 0 Å². The van der Waals surface area contributed by atoms with Gasteiger partial charge in [0.1, 0.15) is 0 Å². The van der Waals surface area contributed by atoms with Gasteiger partial charge < -0.3 is 9.90 Å². The number of carbonyl (C=O) groups excluding carboxylic acids is 3. The maximum atomic E-state index is 12.9. The van der Waals surface area contributed by atoms with E-state index in [1.807, 2.05) is 0 Å². The first kappa shape index (κ1) is 13.0. The van der Waals surface area contributed by atoms with Crippen LogP contribution in [-0.2, 0) is 9.59 Å². The first-order valence-corrected chi connectivity index (χ1v) is 7.95. The minimum Gasteiger partial charge on any atom is -0.545 e. The Hall–Kier alpha value is -2.43. The average molecular weight is 308 g/mol. The third-order valence-electron chi connectivity index (χ3n) is 6.02. The van der Waals surface area contributed by atoms with Gasteiger partial charge in [-0.3, -0.25) is 14.5 Å². The van der Waals surface area contributed by atoms with Gasteiger partial charge in [-0.15, -0.1) is 0 Å². The van der Waals surface area contributed by atoms with Gasteiger partial charge in [-0.1, -0.05) is 24.3 Å². The fourth-order valence-electron chi connectivity index (χ4n) is 4.96. The first-order chi connectivity index (χ1) is 11.1. The molecule has 1 aliphatic heterocycles. The monoisotopic (exact) mass is 308 g/mol. The van der Waals surface area contributed by atoms with E-state index in [1.165, 1.54) is 29.2 Å². The minimum absolute atomic E-state index is 0.0354. The second kappa shape index (κ2) is 4.10. The molecule has 0 radical (unpaired) electrons. The number of nitrogens with zero attached hydrogens (tertiary/aromatic N) is 1. The SMILES string of the molecule is O=C([O-])c1ccc(N2C(=O)[C@@H]3[C@@H]4C=C[C@@H]([C@H]5C[C@@H]45)[C@@H]3C2=O)cc1. The molecule has 2 saturated carbocycles. The van der Waals surface area contributed by atoms with Gasteiger partial charge >= 0.3 is 0 Å². The van der Waals surface area contributed by atoms with Crippen molar-refractivity contribution in [2.75, 3.05) is 4.90 Å². The van der Waals surface area contributed by atoms with Crippen LogP contribution >= 0.6 is 0 Å². The smallest absolute Gasteiger partial charge is 0.238 e. The van der Waals surface area contributed by atoms with E-state index >= 15 is 0 Å². The molecule has 0 unspecified atom stereocenters. The standard InChI is InChI=1S/C18H15NO4/c20-16-14-10-5-6-11(13-7-12(10)13)15(14)17(21)19(16)9-3-1-8(2-4-9)18(22)23/h1-6,10-15H,7H2,(H,22,23)/p-1/t10-,11+,12+,13-,14-,15+. The zero-order valence-corrected chi connectivity index (χ0v) is 12.2. The first-order valence-electron chi connectivity index (χ1n) is 7.95. The summed E-state index contributed by atoms with van der Waals surface area (Å²) in [6.45, 7) is 0. The number of hydrogen-bond acceptors (Lipinski definition) is 4. The molecule has 0 aromatic heterocycles. The maximum Gasteiger partial charge on any atom is 0.238 e. The molecule has 116 valence electrons. The van der Waals surface area contributed by atoms with Crippen LogP contribution in [0.1, 0.15) is 16.8 Å². The van der Waals surface area contributed by atoms with Crippen molar-refractivity contribution < 1.29 is 19.5 Å². The number of carbonyl (C=O) groups is 3. The zero-order chi connectivity index (χ0) is 15.9. The Kier molecular flexibility index (Phi) is 2.33. The van der Waals surface area contributed by atoms with Crippen molar-refractivity contribution in [1.29, 1.82) is 0 Å². The fourth-order valence-corrected chi connectivity index (χ4v) is 4.96. The molecule has 0 N–H and O–H groups in total. The highest BCUT2D eigenvalue weighted by atomic mass is 16.4. The van der Waals surface area contributed by atoms with Crippen molar-refractivity contribution in [3.05, 3.63) is 42.0 Å². The number of benzene rings is 1. The van der Waals surface area contributed by atoms with Gasteiger partial charge in [0.05, 0.1) is 23.5 Å². The summed E-state index contributed by atoms with van der Waals surface area (Å²) in [5.41, 5.74) is 0.487. The van der Waals surface area contributed by atoms with Crippen molar-refractivity contribution in [3.8, 4) is 0 Å². The molecule has 1 aromatic rings. The highest BCUT2D eigenvalue weighted by molar-refractivity contribution is 6.22. The summed E-state index contributed by atoms with van der Waals surface area (Å²) in [5, 5.41) is 10.8. The van der Waals surface area contributed by atoms with Crippen molar-refractivity contribution in [1.82, 2.24) is 0 Å². The van der Waals surface area contributed by atoms with E-state index in [2.05, 4.69) is 12.2 Å². The molecule has 23 heavy (non-hydrogen) atoms. The van der Waals surface area contributed by atoms with E-state index < -0.39 is 5.97 Å². The van der Waals surface area contributed by atoms with Crippen LogP contribution in [-0.4, -0.2) is 17.8 Å². The lowest BCUT2D eigenvalue weighted by Gasteiger charge is -2.37. The van der Waals surface area contributed by atoms with E-state index in [-0.39, 0.29) is 41.0 Å². The quantitative estimate of drug-likeness (QED) is 0.592. The molecule has 0 spiro atoms. The van der Waals surface area contributed by atoms with E-state index in [9.17, 15) is 19.5 Å². The molecule has 5 aliphatic rings. The summed E-state index contributed by atoms with van der Waals surface area (Å²) in [6.07, 6.45) is 5.40. The summed E-state index contributed by atoms with van der Waals surface area (Å²) in [7, 11) is 0. The highest BCUT2D eigenvalue weighted by Crippen LogP contribution is 2.65. The molecule has 5 heteroatoms. The van der Waals surface area contributed by atoms with Crippen LogP contribution in [0.15, 0.2) is 36.4 Å². The number of amides is 2. The van der Waals surface area contributed by atoms with Gasteiger partial charge in [-0.25, -0.2) is 0 Å². The molecule has 1 aromatic carbocycles. The molecule has 6 rings (SSSR count). The van der Waals surface area contributed by atoms with Crippen molar-refractivity contribution in [3.63, 3.8) is 0 Å². The summed E-state index contributed by atoms with van der Waals surface area (Å²) in [6, 6.07) is 5.76. The number of carboxylic acids is 1. The molecule has 3 fully saturated rings. The lowest BCUT2D eigenvalue weighted by molar-refractivity contribution is -0.255. The normalized spacial score (nSPS) is 39.4. The number of rotatable bonds is 2. The molecule has 1 heterocycles. The molecule has 2 amide bonds. The molecule has 6 atom stereocenters. The zero-order valence-electron chi connectivity index (χ0n) is 12.2. The van der Waals surface area contributed by atoms with Crippen molar-refractivity contribution >= 4 is 23.5 Å². The van der Waals surface area contributed by atoms with E-state index in [0.29, 0.717) is 17.5 Å². The second-order valence-electron chi connectivity index (χ2n) is 7.00. The van der Waals surface area contributed by atoms with Crippen LogP contribution in [0.2, 0.25) is 0 Å². The van der Waals surface area contributed by atoms with Crippen LogP contribution in [0.5, 0.6) is 0 Å². The average Bonchev–Trinajstić information content (AvgIpc) is 3.32. The van der Waals surface area contributed by atoms with E-state index in [0.717, 1.165) is 6.42 Å². The molecule has 4 aliphatic carbocycles. The van der Waals surface area contributed by atoms with E-state index in [4.69, 9.17) is 0 Å². The van der Waals surface area contributed by atoms with Gasteiger partial charge in [0, 0.05) is 0 Å². The second-order valence-corrected chi connectivity index (χ2v) is 7.00. The topological polar surface area (TPSA) is 77.5 Å². The summed E-state index contributed by atoms with van der Waals surface area (Å²) < 4.78 is 0. The van der Waals surface area contributed by atoms with Gasteiger partial charge in [-0.05, 0) is 47.8 Å². The number of allylic oxidation sites excluding steroid dienone is 2. The largest absolute Gasteiger partial charge is 0.545 e. The Labute approximate surface area is 132 Å². The predicted octanol–water partition coefficient (Wildman–Crippen LogP) is 0.608. The number of anilines is 1. The molecule has 1 saturated heterocycles. The molecular formula is C18H14NO4-. The molecular weight excluding hydrogens is 294 g/mol. The van der Waals surface area contributed by atoms with Crippen LogP contribution in [0.3, 0.4) is 0 Å². The van der Waals surface area contributed by atoms with Gasteiger partial charge in [-0.2, -0.15) is 0 Å². The predicted molar refractivity (Wildman–Crippen MR) is 78.0 cm³/mol. The highest BCUT2D eigenvalue weighted by Gasteiger charge is 2.67. The number of aromatic carboxylic acids is 1. The van der Waals surface area contributed by atoms with Crippen LogP contribution in [0, 0.1) is 35.5 Å². The van der Waals surface area contributed by atoms with E-state index in [1.54, 1.807) is 0 Å². The minimum atomic E-state index is -1.27. The maximum absolute atomic E-state index is 12.9. The third kappa shape index (κ3) is 1.54. The number of carboxylic acid groups (broad SMARTS) is 1. The van der Waals surface area contributed by atoms with Crippen LogP contribution < -0.4 is 10.0 Å². The summed E-state index contributed by atoms with van der Waals surface area (Å²) in [5.74, 6) is -0.475. The van der Waals surface area contributed by atoms with Crippen molar-refractivity contribution in [2.45, 2.75) is 6.42 Å². The number of imide groups is 1. The molecule has 5 nitrogen and oxygen atoms in total. The third-order valence-corrected chi connectivity index (χ3v) is 6.02. The van der Waals surface area contributed by atoms with Gasteiger partial charge in [0.25, 0.3) is 0 Å². The van der Waals surface area contributed by atoms with Gasteiger partial charge in [0.2, 0.25) is 11.8 Å². The Bertz CT molecular complexity index is 745. The number of hydrogen-bond donors (Lipinski definition) is 0. The Morgan fingerprint density at radius 2 is 1.48 bits per heavy atom. The lowest BCUT2D eigenvalue weighted by atomic mass is 9.63. The Morgan fingerprint density at radius 1 is 0.957 bits per heavy atom. The van der Waals surface area contributed by atoms with Crippen LogP contribution in [0.25, 0.3) is 0 Å². The van der Waals surface area contributed by atoms with Crippen molar-refractivity contribution in [2.24, 2.45) is 35.5 Å². The van der Waals surface area contributed by atoms with Crippen LogP contribution in [0.4, 0.5) is 5.69 Å². The summed E-state index contributed by atoms with van der Waals surface area (Å²) in [4.78, 5) is 37.8. The Balaban J connectivity index is 1.53. The fraction of sp³-hybridized carbons (Fsp3) is 0.389. The Morgan fingerprint density at radius 3 is 1.96 bits per heavy atom. The lowest BCUT2D eigenvalue weighted by Crippen LogP contribution is -2.40. The summed E-state index contributed by atoms with van der Waals surface area (Å²) >= 11 is 0. The molecule has 2 bridgehead atoms.